The number of carbonyl (C=O) groups excluding carboxylic acids is 1. The van der Waals surface area contributed by atoms with Crippen molar-refractivity contribution in [3.05, 3.63) is 70.9 Å². The smallest absolute Gasteiger partial charge is 0.267 e. The summed E-state index contributed by atoms with van der Waals surface area (Å²) < 4.78 is 26.9. The third kappa shape index (κ3) is 4.28. The molecule has 7 heteroatoms. The van der Waals surface area contributed by atoms with Gasteiger partial charge in [0.1, 0.15) is 29.0 Å². The van der Waals surface area contributed by atoms with Crippen LogP contribution in [0.1, 0.15) is 0 Å². The van der Waals surface area contributed by atoms with Gasteiger partial charge in [-0.05, 0) is 30.3 Å². The molecule has 2 N–H and O–H groups in total. The van der Waals surface area contributed by atoms with Crippen LogP contribution in [0.15, 0.2) is 54.2 Å². The lowest BCUT2D eigenvalue weighted by Gasteiger charge is -2.06. The first-order valence-corrected chi connectivity index (χ1v) is 6.77. The Morgan fingerprint density at radius 2 is 1.83 bits per heavy atom. The van der Waals surface area contributed by atoms with Crippen LogP contribution >= 0.6 is 11.6 Å². The lowest BCUT2D eigenvalue weighted by molar-refractivity contribution is -0.112. The number of carbonyl (C=O) groups is 1. The summed E-state index contributed by atoms with van der Waals surface area (Å²) in [6.45, 7) is 0. The van der Waals surface area contributed by atoms with E-state index >= 15 is 0 Å². The van der Waals surface area contributed by atoms with E-state index in [0.29, 0.717) is 10.7 Å². The Balaban J connectivity index is 2.16. The lowest BCUT2D eigenvalue weighted by atomic mass is 10.2. The number of benzene rings is 2. The van der Waals surface area contributed by atoms with Crippen LogP contribution in [0.25, 0.3) is 0 Å². The maximum Gasteiger partial charge on any atom is 0.267 e. The Kier molecular flexibility index (Phi) is 5.28. The normalized spacial score (nSPS) is 10.8. The van der Waals surface area contributed by atoms with Crippen molar-refractivity contribution < 1.29 is 13.6 Å². The molecule has 4 nitrogen and oxygen atoms in total. The standard InChI is InChI=1S/C16H10ClF2N3O/c17-11-3-1-4-12(7-11)22-16(23)10(8-20)9-21-15-13(18)5-2-6-14(15)19/h1-7,9,21H,(H,22,23)/b10-9-. The Bertz CT molecular complexity index is 795. The molecule has 0 saturated carbocycles. The van der Waals surface area contributed by atoms with Gasteiger partial charge in [-0.2, -0.15) is 5.26 Å². The second-order valence-corrected chi connectivity index (χ2v) is 4.81. The zero-order valence-electron chi connectivity index (χ0n) is 11.6. The van der Waals surface area contributed by atoms with Crippen LogP contribution in [0.5, 0.6) is 0 Å². The third-order valence-corrected chi connectivity index (χ3v) is 3.01. The minimum atomic E-state index is -0.839. The first-order chi connectivity index (χ1) is 11.0. The fourth-order valence-corrected chi connectivity index (χ4v) is 1.88. The van der Waals surface area contributed by atoms with Gasteiger partial charge in [0.25, 0.3) is 5.91 Å². The summed E-state index contributed by atoms with van der Waals surface area (Å²) in [6.07, 6.45) is 0.932. The first-order valence-electron chi connectivity index (χ1n) is 6.39. The number of anilines is 2. The van der Waals surface area contributed by atoms with Crippen LogP contribution < -0.4 is 10.6 Å². The molecular weight excluding hydrogens is 324 g/mol. The second kappa shape index (κ2) is 7.38. The monoisotopic (exact) mass is 333 g/mol. The summed E-state index contributed by atoms with van der Waals surface area (Å²) in [5.74, 6) is -2.42. The SMILES string of the molecule is N#C/C(=C/Nc1c(F)cccc1F)C(=O)Nc1cccc(Cl)c1. The molecule has 0 aliphatic heterocycles. The molecule has 1 amide bonds. The van der Waals surface area contributed by atoms with E-state index in [-0.39, 0.29) is 5.57 Å². The maximum absolute atomic E-state index is 13.5. The molecular formula is C16H10ClF2N3O. The second-order valence-electron chi connectivity index (χ2n) is 4.38. The fraction of sp³-hybridized carbons (Fsp3) is 0. The van der Waals surface area contributed by atoms with E-state index in [1.807, 2.05) is 0 Å². The minimum absolute atomic E-state index is 0.354. The summed E-state index contributed by atoms with van der Waals surface area (Å²) in [7, 11) is 0. The van der Waals surface area contributed by atoms with Crippen molar-refractivity contribution in [2.75, 3.05) is 10.6 Å². The number of nitrogens with one attached hydrogen (secondary N) is 2. The molecule has 116 valence electrons. The molecule has 2 aromatic rings. The molecule has 0 atom stereocenters. The van der Waals surface area contributed by atoms with Crippen LogP contribution in [0.4, 0.5) is 20.2 Å². The number of amides is 1. The van der Waals surface area contributed by atoms with Gasteiger partial charge in [0.2, 0.25) is 0 Å². The highest BCUT2D eigenvalue weighted by molar-refractivity contribution is 6.31. The molecule has 0 heterocycles. The predicted octanol–water partition coefficient (Wildman–Crippen LogP) is 4.08. The zero-order chi connectivity index (χ0) is 16.8. The van der Waals surface area contributed by atoms with Crippen LogP contribution in [0.3, 0.4) is 0 Å². The van der Waals surface area contributed by atoms with Crippen LogP contribution in [0.2, 0.25) is 5.02 Å². The van der Waals surface area contributed by atoms with Gasteiger partial charge in [-0.15, -0.1) is 0 Å². The summed E-state index contributed by atoms with van der Waals surface area (Å²) in [5.41, 5.74) is -0.413. The van der Waals surface area contributed by atoms with Gasteiger partial charge in [0, 0.05) is 16.9 Å². The molecule has 0 fully saturated rings. The molecule has 0 spiro atoms. The summed E-state index contributed by atoms with van der Waals surface area (Å²) in [4.78, 5) is 12.0. The number of nitriles is 1. The number of hydrogen-bond donors (Lipinski definition) is 2. The molecule has 0 radical (unpaired) electrons. The summed E-state index contributed by atoms with van der Waals surface area (Å²) >= 11 is 5.79. The molecule has 2 aromatic carbocycles. The van der Waals surface area contributed by atoms with Crippen molar-refractivity contribution in [3.63, 3.8) is 0 Å². The largest absolute Gasteiger partial charge is 0.355 e. The lowest BCUT2D eigenvalue weighted by Crippen LogP contribution is -2.14. The van der Waals surface area contributed by atoms with Crippen molar-refractivity contribution in [2.24, 2.45) is 0 Å². The van der Waals surface area contributed by atoms with Gasteiger partial charge in [-0.3, -0.25) is 4.79 Å². The van der Waals surface area contributed by atoms with E-state index in [2.05, 4.69) is 10.6 Å². The highest BCUT2D eigenvalue weighted by Crippen LogP contribution is 2.19. The average molecular weight is 334 g/mol. The Morgan fingerprint density at radius 3 is 2.43 bits per heavy atom. The van der Waals surface area contributed by atoms with Gasteiger partial charge < -0.3 is 10.6 Å². The van der Waals surface area contributed by atoms with Gasteiger partial charge in [-0.25, -0.2) is 8.78 Å². The van der Waals surface area contributed by atoms with Crippen molar-refractivity contribution in [1.29, 1.82) is 5.26 Å². The molecule has 0 unspecified atom stereocenters. The summed E-state index contributed by atoms with van der Waals surface area (Å²) in [6, 6.07) is 11.3. The molecule has 23 heavy (non-hydrogen) atoms. The van der Waals surface area contributed by atoms with E-state index in [4.69, 9.17) is 16.9 Å². The van der Waals surface area contributed by atoms with Gasteiger partial charge >= 0.3 is 0 Å². The highest BCUT2D eigenvalue weighted by atomic mass is 35.5. The Labute approximate surface area is 136 Å². The summed E-state index contributed by atoms with van der Waals surface area (Å²) in [5, 5.41) is 14.2. The van der Waals surface area contributed by atoms with Crippen LogP contribution in [-0.2, 0) is 4.79 Å². The van der Waals surface area contributed by atoms with Crippen molar-refractivity contribution in [2.45, 2.75) is 0 Å². The quantitative estimate of drug-likeness (QED) is 0.654. The van der Waals surface area contributed by atoms with Crippen LogP contribution in [-0.4, -0.2) is 5.91 Å². The highest BCUT2D eigenvalue weighted by Gasteiger charge is 2.11. The number of halogens is 3. The zero-order valence-corrected chi connectivity index (χ0v) is 12.4. The number of rotatable bonds is 4. The van der Waals surface area contributed by atoms with Crippen molar-refractivity contribution in [1.82, 2.24) is 0 Å². The van der Waals surface area contributed by atoms with Gasteiger partial charge in [0.15, 0.2) is 0 Å². The van der Waals surface area contributed by atoms with Gasteiger partial charge in [0.05, 0.1) is 0 Å². The van der Waals surface area contributed by atoms with Crippen molar-refractivity contribution in [3.8, 4) is 6.07 Å². The molecule has 0 aliphatic carbocycles. The van der Waals surface area contributed by atoms with E-state index in [9.17, 15) is 13.6 Å². The number of nitrogens with zero attached hydrogens (tertiary/aromatic N) is 1. The number of para-hydroxylation sites is 1. The third-order valence-electron chi connectivity index (χ3n) is 2.77. The minimum Gasteiger partial charge on any atom is -0.355 e. The first kappa shape index (κ1) is 16.5. The molecule has 0 bridgehead atoms. The fourth-order valence-electron chi connectivity index (χ4n) is 1.69. The van der Waals surface area contributed by atoms with Crippen LogP contribution in [0, 0.1) is 23.0 Å². The van der Waals surface area contributed by atoms with E-state index in [0.717, 1.165) is 18.3 Å². The maximum atomic E-state index is 13.5. The van der Waals surface area contributed by atoms with Crippen molar-refractivity contribution >= 4 is 28.9 Å². The van der Waals surface area contributed by atoms with Gasteiger partial charge in [-0.1, -0.05) is 23.7 Å². The topological polar surface area (TPSA) is 64.9 Å². The van der Waals surface area contributed by atoms with E-state index < -0.39 is 23.2 Å². The molecule has 0 aliphatic rings. The average Bonchev–Trinajstić information content (AvgIpc) is 2.50. The van der Waals surface area contributed by atoms with E-state index in [1.165, 1.54) is 12.1 Å². The predicted molar refractivity (Wildman–Crippen MR) is 83.8 cm³/mol. The molecule has 0 saturated heterocycles. The Hall–Kier alpha value is -2.91. The van der Waals surface area contributed by atoms with E-state index in [1.54, 1.807) is 24.3 Å². The molecule has 2 rings (SSSR count). The molecule has 0 aromatic heterocycles. The number of hydrogen-bond acceptors (Lipinski definition) is 3. The Morgan fingerprint density at radius 1 is 1.17 bits per heavy atom.